The number of carbonyl (C=O) groups excluding carboxylic acids is 2. The summed E-state index contributed by atoms with van der Waals surface area (Å²) in [7, 11) is 0. The van der Waals surface area contributed by atoms with E-state index in [1.807, 2.05) is 0 Å². The van der Waals surface area contributed by atoms with Crippen molar-refractivity contribution in [1.82, 2.24) is 0 Å². The van der Waals surface area contributed by atoms with Crippen molar-refractivity contribution in [3.63, 3.8) is 0 Å². The minimum absolute atomic E-state index is 0.0168. The van der Waals surface area contributed by atoms with E-state index in [1.165, 1.54) is 5.57 Å². The molecule has 0 bridgehead atoms. The molecule has 0 heterocycles. The van der Waals surface area contributed by atoms with Crippen LogP contribution in [0, 0.1) is 73.9 Å². The van der Waals surface area contributed by atoms with Crippen molar-refractivity contribution in [3.8, 4) is 0 Å². The summed E-state index contributed by atoms with van der Waals surface area (Å²) in [5, 5.41) is 10.6. The van der Waals surface area contributed by atoms with Gasteiger partial charge < -0.3 is 14.6 Å². The van der Waals surface area contributed by atoms with Crippen molar-refractivity contribution in [2.24, 2.45) is 73.9 Å². The highest BCUT2D eigenvalue weighted by molar-refractivity contribution is 5.78. The monoisotopic (exact) mass is 610 g/mol. The Labute approximate surface area is 265 Å². The molecule has 0 aromatic carbocycles. The van der Waals surface area contributed by atoms with Gasteiger partial charge >= 0.3 is 11.9 Å². The maximum atomic E-state index is 13.5. The topological polar surface area (TPSA) is 89.9 Å². The molecular weight excluding hydrogens is 552 g/mol. The summed E-state index contributed by atoms with van der Waals surface area (Å²) < 4.78 is 11.4. The maximum Gasteiger partial charge on any atom is 0.310 e. The number of ether oxygens (including phenoxy) is 2. The molecule has 0 amide bonds. The van der Waals surface area contributed by atoms with Gasteiger partial charge in [0.25, 0.3) is 6.47 Å². The van der Waals surface area contributed by atoms with Crippen LogP contribution in [-0.4, -0.2) is 36.2 Å². The number of rotatable bonds is 7. The lowest BCUT2D eigenvalue weighted by Crippen LogP contribution is -2.67. The van der Waals surface area contributed by atoms with Gasteiger partial charge in [0.1, 0.15) is 6.10 Å². The van der Waals surface area contributed by atoms with Gasteiger partial charge in [-0.1, -0.05) is 60.6 Å². The van der Waals surface area contributed by atoms with Gasteiger partial charge in [-0.2, -0.15) is 0 Å². The highest BCUT2D eigenvalue weighted by Gasteiger charge is 2.72. The maximum absolute atomic E-state index is 13.5. The van der Waals surface area contributed by atoms with Crippen molar-refractivity contribution in [3.05, 3.63) is 12.2 Å². The van der Waals surface area contributed by atoms with Crippen LogP contribution in [0.25, 0.3) is 0 Å². The summed E-state index contributed by atoms with van der Waals surface area (Å²) in [6, 6.07) is 0. The van der Waals surface area contributed by atoms with Crippen LogP contribution in [0.3, 0.4) is 0 Å². The normalized spacial score (nSPS) is 49.7. The number of carbonyl (C=O) groups is 3. The summed E-state index contributed by atoms with van der Waals surface area (Å²) in [5.41, 5.74) is 0.643. The molecule has 6 saturated carbocycles. The predicted molar refractivity (Wildman–Crippen MR) is 169 cm³/mol. The molecule has 0 aliphatic heterocycles. The van der Waals surface area contributed by atoms with Crippen LogP contribution in [0.4, 0.5) is 0 Å². The third-order valence-electron chi connectivity index (χ3n) is 16.3. The molecule has 6 heteroatoms. The van der Waals surface area contributed by atoms with E-state index in [-0.39, 0.29) is 63.5 Å². The fourth-order valence-corrected chi connectivity index (χ4v) is 13.6. The van der Waals surface area contributed by atoms with E-state index in [9.17, 15) is 19.5 Å². The molecule has 0 aromatic rings. The lowest BCUT2D eigenvalue weighted by atomic mass is 9.32. The van der Waals surface area contributed by atoms with Crippen LogP contribution in [0.5, 0.6) is 0 Å². The number of esters is 1. The molecule has 6 fully saturated rings. The lowest BCUT2D eigenvalue weighted by Gasteiger charge is -2.72. The van der Waals surface area contributed by atoms with Crippen LogP contribution in [-0.2, 0) is 23.9 Å². The molecule has 44 heavy (non-hydrogen) atoms. The third kappa shape index (κ3) is 4.06. The largest absolute Gasteiger partial charge is 0.481 e. The first kappa shape index (κ1) is 32.1. The second-order valence-corrected chi connectivity index (χ2v) is 18.3. The number of hydrogen-bond donors (Lipinski definition) is 1. The van der Waals surface area contributed by atoms with Gasteiger partial charge in [0.2, 0.25) is 0 Å². The smallest absolute Gasteiger partial charge is 0.310 e. The summed E-state index contributed by atoms with van der Waals surface area (Å²) in [5.74, 6) is 1.05. The molecule has 0 spiro atoms. The summed E-state index contributed by atoms with van der Waals surface area (Å²) in [6.07, 6.45) is 9.94. The summed E-state index contributed by atoms with van der Waals surface area (Å²) in [6.45, 7) is 23.7. The number of carboxylic acids is 1. The molecule has 246 valence electrons. The molecule has 0 unspecified atom stereocenters. The zero-order valence-electron chi connectivity index (χ0n) is 28.7. The van der Waals surface area contributed by atoms with Gasteiger partial charge in [-0.15, -0.1) is 0 Å². The number of aliphatic carboxylic acids is 1. The van der Waals surface area contributed by atoms with Gasteiger partial charge in [0.05, 0.1) is 17.9 Å². The zero-order chi connectivity index (χ0) is 32.3. The zero-order valence-corrected chi connectivity index (χ0v) is 28.7. The number of carboxylic acid groups (broad SMARTS) is 1. The average molecular weight is 611 g/mol. The molecule has 0 aromatic heterocycles. The molecule has 6 nitrogen and oxygen atoms in total. The standard InChI is InChI=1S/C38H58O6/c1-22(2)23-12-17-38(32(41)42)19-18-36(8)24(29(23)38)10-11-27-35(7)15-14-28(34(5,6)26(35)13-16-37(27,36)9)44-31(40)30-25(20-43-21-39)33(30,3)4/h21,23-30H,1,10-20H2,2-9H3,(H,41,42)/t23-,24+,25+,26-,27+,28-,29+,30+,35-,36+,37+,38-/m0/s1. The molecule has 1 N–H and O–H groups in total. The number of fused-ring (bicyclic) bond motifs is 7. The first-order valence-electron chi connectivity index (χ1n) is 17.6. The van der Waals surface area contributed by atoms with Gasteiger partial charge in [-0.25, -0.2) is 0 Å². The number of allylic oxidation sites excluding steroid dienone is 1. The van der Waals surface area contributed by atoms with Gasteiger partial charge in [0.15, 0.2) is 0 Å². The van der Waals surface area contributed by atoms with Crippen molar-refractivity contribution < 1.29 is 29.0 Å². The van der Waals surface area contributed by atoms with Crippen LogP contribution in [0.2, 0.25) is 0 Å². The van der Waals surface area contributed by atoms with Gasteiger partial charge in [-0.3, -0.25) is 14.4 Å². The van der Waals surface area contributed by atoms with E-state index >= 15 is 0 Å². The van der Waals surface area contributed by atoms with Crippen molar-refractivity contribution >= 4 is 18.4 Å². The SMILES string of the molecule is C=C(C)[C@@H]1CC[C@]2(C(=O)O)CC[C@]3(C)[C@H](CC[C@@H]4[C@@]5(C)CC[C@H](OC(=O)[C@H]6[C@@H](COC=O)C6(C)C)C(C)(C)[C@@H]5CC[C@]43C)[C@@H]12. The van der Waals surface area contributed by atoms with E-state index in [0.717, 1.165) is 64.2 Å². The Morgan fingerprint density at radius 3 is 2.18 bits per heavy atom. The van der Waals surface area contributed by atoms with Crippen LogP contribution in [0.15, 0.2) is 12.2 Å². The Kier molecular flexibility index (Phi) is 7.35. The van der Waals surface area contributed by atoms with E-state index in [0.29, 0.717) is 30.1 Å². The Morgan fingerprint density at radius 2 is 1.55 bits per heavy atom. The number of hydrogen-bond acceptors (Lipinski definition) is 5. The lowest BCUT2D eigenvalue weighted by molar-refractivity contribution is -0.250. The van der Waals surface area contributed by atoms with Gasteiger partial charge in [-0.05, 0) is 122 Å². The second kappa shape index (κ2) is 10.1. The van der Waals surface area contributed by atoms with Crippen molar-refractivity contribution in [1.29, 1.82) is 0 Å². The first-order valence-corrected chi connectivity index (χ1v) is 17.6. The Bertz CT molecular complexity index is 1240. The molecular formula is C38H58O6. The molecule has 6 aliphatic rings. The fourth-order valence-electron chi connectivity index (χ4n) is 13.6. The van der Waals surface area contributed by atoms with E-state index < -0.39 is 11.4 Å². The second-order valence-electron chi connectivity index (χ2n) is 18.3. The van der Waals surface area contributed by atoms with Crippen molar-refractivity contribution in [2.75, 3.05) is 6.61 Å². The van der Waals surface area contributed by atoms with Gasteiger partial charge in [0, 0.05) is 11.3 Å². The minimum Gasteiger partial charge on any atom is -0.481 e. The fraction of sp³-hybridized carbons (Fsp3) is 0.868. The molecule has 6 rings (SSSR count). The molecule has 0 saturated heterocycles. The van der Waals surface area contributed by atoms with Crippen LogP contribution in [0.1, 0.15) is 120 Å². The third-order valence-corrected chi connectivity index (χ3v) is 16.3. The Morgan fingerprint density at radius 1 is 0.841 bits per heavy atom. The highest BCUT2D eigenvalue weighted by atomic mass is 16.5. The predicted octanol–water partition coefficient (Wildman–Crippen LogP) is 8.09. The Hall–Kier alpha value is -1.85. The first-order chi connectivity index (χ1) is 20.4. The molecule has 6 aliphatic carbocycles. The molecule has 0 radical (unpaired) electrons. The summed E-state index contributed by atoms with van der Waals surface area (Å²) >= 11 is 0. The van der Waals surface area contributed by atoms with E-state index in [4.69, 9.17) is 9.47 Å². The average Bonchev–Trinajstić information content (AvgIpc) is 3.27. The quantitative estimate of drug-likeness (QED) is 0.178. The van der Waals surface area contributed by atoms with Crippen LogP contribution < -0.4 is 0 Å². The van der Waals surface area contributed by atoms with E-state index in [2.05, 4.69) is 62.0 Å². The molecule has 12 atom stereocenters. The minimum atomic E-state index is -0.587. The highest BCUT2D eigenvalue weighted by Crippen LogP contribution is 2.77. The Balaban J connectivity index is 1.25. The van der Waals surface area contributed by atoms with Crippen LogP contribution >= 0.6 is 0 Å². The van der Waals surface area contributed by atoms with E-state index in [1.54, 1.807) is 0 Å². The van der Waals surface area contributed by atoms with Crippen molar-refractivity contribution in [2.45, 2.75) is 126 Å². The summed E-state index contributed by atoms with van der Waals surface area (Å²) in [4.78, 5) is 37.2.